The van der Waals surface area contributed by atoms with E-state index in [0.29, 0.717) is 5.69 Å². The number of nitrogens with two attached hydrogens (primary N) is 1. The lowest BCUT2D eigenvalue weighted by molar-refractivity contribution is 0.562. The highest BCUT2D eigenvalue weighted by atomic mass is 79.9. The van der Waals surface area contributed by atoms with Crippen LogP contribution in [0.1, 0.15) is 5.56 Å². The Bertz CT molecular complexity index is 620. The summed E-state index contributed by atoms with van der Waals surface area (Å²) in [6.07, 6.45) is 0. The molecule has 0 unspecified atom stereocenters. The number of benzene rings is 2. The highest BCUT2D eigenvalue weighted by Crippen LogP contribution is 2.33. The van der Waals surface area contributed by atoms with Gasteiger partial charge in [-0.15, -0.1) is 11.8 Å². The Hall–Kier alpha value is -0.590. The van der Waals surface area contributed by atoms with Gasteiger partial charge in [-0.25, -0.2) is 8.78 Å². The summed E-state index contributed by atoms with van der Waals surface area (Å²) >= 11 is 7.68. The molecule has 1 nitrogen and oxygen atoms in total. The second-order valence-corrected chi connectivity index (χ2v) is 6.58. The first-order chi connectivity index (χ1) is 8.99. The molecule has 0 saturated heterocycles. The first-order valence-electron chi connectivity index (χ1n) is 5.29. The maximum atomic E-state index is 13.8. The summed E-state index contributed by atoms with van der Waals surface area (Å²) in [7, 11) is 0. The van der Waals surface area contributed by atoms with Crippen molar-refractivity contribution in [1.82, 2.24) is 0 Å². The molecule has 0 aromatic heterocycles. The van der Waals surface area contributed by atoms with E-state index in [9.17, 15) is 8.78 Å². The summed E-state index contributed by atoms with van der Waals surface area (Å²) in [5.41, 5.74) is 6.45. The van der Waals surface area contributed by atoms with Gasteiger partial charge in [-0.1, -0.05) is 15.9 Å². The molecule has 100 valence electrons. The SMILES string of the molecule is Nc1ccc(Br)cc1SCc1c(F)ccc(Br)c1F. The summed E-state index contributed by atoms with van der Waals surface area (Å²) in [6, 6.07) is 7.99. The van der Waals surface area contributed by atoms with Gasteiger partial charge in [0.2, 0.25) is 0 Å². The Labute approximate surface area is 130 Å². The van der Waals surface area contributed by atoms with E-state index in [1.165, 1.54) is 23.9 Å². The van der Waals surface area contributed by atoms with Crippen LogP contribution < -0.4 is 5.73 Å². The largest absolute Gasteiger partial charge is 0.398 e. The molecule has 0 bridgehead atoms. The van der Waals surface area contributed by atoms with E-state index in [4.69, 9.17) is 5.73 Å². The minimum atomic E-state index is -0.568. The van der Waals surface area contributed by atoms with Crippen molar-refractivity contribution < 1.29 is 8.78 Å². The van der Waals surface area contributed by atoms with E-state index in [1.54, 1.807) is 6.07 Å². The smallest absolute Gasteiger partial charge is 0.144 e. The zero-order valence-corrected chi connectivity index (χ0v) is 13.6. The Morgan fingerprint density at radius 2 is 1.84 bits per heavy atom. The molecule has 0 aliphatic carbocycles. The molecule has 0 atom stereocenters. The molecule has 0 amide bonds. The Morgan fingerprint density at radius 1 is 1.11 bits per heavy atom. The van der Waals surface area contributed by atoms with Crippen molar-refractivity contribution in [2.75, 3.05) is 5.73 Å². The third-order valence-electron chi connectivity index (χ3n) is 2.49. The summed E-state index contributed by atoms with van der Waals surface area (Å²) in [4.78, 5) is 0.785. The van der Waals surface area contributed by atoms with Crippen molar-refractivity contribution in [3.63, 3.8) is 0 Å². The van der Waals surface area contributed by atoms with Gasteiger partial charge in [-0.3, -0.25) is 0 Å². The Kier molecular flexibility index (Phi) is 4.86. The standard InChI is InChI=1S/C13H9Br2F2NS/c14-7-1-4-11(18)12(5-7)19-6-8-10(16)3-2-9(15)13(8)17/h1-5H,6,18H2. The molecule has 0 radical (unpaired) electrons. The monoisotopic (exact) mass is 407 g/mol. The van der Waals surface area contributed by atoms with Crippen molar-refractivity contribution in [3.05, 3.63) is 56.5 Å². The van der Waals surface area contributed by atoms with Crippen LogP contribution in [0.2, 0.25) is 0 Å². The van der Waals surface area contributed by atoms with Gasteiger partial charge in [-0.2, -0.15) is 0 Å². The lowest BCUT2D eigenvalue weighted by atomic mass is 10.2. The van der Waals surface area contributed by atoms with Gasteiger partial charge >= 0.3 is 0 Å². The average Bonchev–Trinajstić information content (AvgIpc) is 2.38. The number of anilines is 1. The maximum absolute atomic E-state index is 13.8. The number of thioether (sulfide) groups is 1. The molecule has 0 saturated carbocycles. The second kappa shape index (κ2) is 6.24. The molecule has 19 heavy (non-hydrogen) atoms. The van der Waals surface area contributed by atoms with Gasteiger partial charge in [0, 0.05) is 26.4 Å². The average molecular weight is 409 g/mol. The van der Waals surface area contributed by atoms with Crippen LogP contribution in [0.4, 0.5) is 14.5 Å². The summed E-state index contributed by atoms with van der Waals surface area (Å²) in [6.45, 7) is 0. The maximum Gasteiger partial charge on any atom is 0.144 e. The van der Waals surface area contributed by atoms with Crippen LogP contribution in [0.5, 0.6) is 0 Å². The Balaban J connectivity index is 2.24. The van der Waals surface area contributed by atoms with Gasteiger partial charge in [0.05, 0.1) is 4.47 Å². The van der Waals surface area contributed by atoms with Gasteiger partial charge in [0.1, 0.15) is 11.6 Å². The fourth-order valence-electron chi connectivity index (χ4n) is 1.48. The van der Waals surface area contributed by atoms with Gasteiger partial charge in [-0.05, 0) is 46.3 Å². The minimum absolute atomic E-state index is 0.0405. The highest BCUT2D eigenvalue weighted by Gasteiger charge is 2.13. The topological polar surface area (TPSA) is 26.0 Å². The number of hydrogen-bond donors (Lipinski definition) is 1. The van der Waals surface area contributed by atoms with Crippen LogP contribution in [0.3, 0.4) is 0 Å². The van der Waals surface area contributed by atoms with E-state index in [-0.39, 0.29) is 15.8 Å². The third-order valence-corrected chi connectivity index (χ3v) is 4.69. The van der Waals surface area contributed by atoms with Crippen LogP contribution in [0, 0.1) is 11.6 Å². The first kappa shape index (κ1) is 14.8. The van der Waals surface area contributed by atoms with Crippen LogP contribution >= 0.6 is 43.6 Å². The fourth-order valence-corrected chi connectivity index (χ4v) is 3.38. The molecule has 0 fully saturated rings. The van der Waals surface area contributed by atoms with Crippen LogP contribution in [-0.4, -0.2) is 0 Å². The normalized spacial score (nSPS) is 10.7. The number of nitrogen functional groups attached to an aromatic ring is 1. The summed E-state index contributed by atoms with van der Waals surface area (Å²) in [5, 5.41) is 0. The fraction of sp³-hybridized carbons (Fsp3) is 0.0769. The quantitative estimate of drug-likeness (QED) is 0.420. The third kappa shape index (κ3) is 3.49. The van der Waals surface area contributed by atoms with Crippen LogP contribution in [0.25, 0.3) is 0 Å². The minimum Gasteiger partial charge on any atom is -0.398 e. The molecule has 0 aliphatic heterocycles. The lowest BCUT2D eigenvalue weighted by Crippen LogP contribution is -1.95. The van der Waals surface area contributed by atoms with Crippen molar-refractivity contribution in [3.8, 4) is 0 Å². The van der Waals surface area contributed by atoms with Gasteiger partial charge in [0.25, 0.3) is 0 Å². The van der Waals surface area contributed by atoms with E-state index in [2.05, 4.69) is 31.9 Å². The molecule has 2 rings (SSSR count). The molecule has 2 aromatic rings. The van der Waals surface area contributed by atoms with Crippen LogP contribution in [-0.2, 0) is 5.75 Å². The molecule has 0 spiro atoms. The molecule has 0 aliphatic rings. The molecule has 2 N–H and O–H groups in total. The van der Waals surface area contributed by atoms with E-state index < -0.39 is 11.6 Å². The lowest BCUT2D eigenvalue weighted by Gasteiger charge is -2.08. The zero-order chi connectivity index (χ0) is 14.0. The second-order valence-electron chi connectivity index (χ2n) is 3.79. The zero-order valence-electron chi connectivity index (χ0n) is 9.59. The van der Waals surface area contributed by atoms with E-state index in [0.717, 1.165) is 9.37 Å². The molecule has 2 aromatic carbocycles. The number of hydrogen-bond acceptors (Lipinski definition) is 2. The number of rotatable bonds is 3. The number of halogens is 4. The van der Waals surface area contributed by atoms with E-state index in [1.807, 2.05) is 12.1 Å². The highest BCUT2D eigenvalue weighted by molar-refractivity contribution is 9.10. The van der Waals surface area contributed by atoms with Gasteiger partial charge < -0.3 is 5.73 Å². The Morgan fingerprint density at radius 3 is 2.58 bits per heavy atom. The summed E-state index contributed by atoms with van der Waals surface area (Å²) < 4.78 is 28.5. The van der Waals surface area contributed by atoms with Crippen molar-refractivity contribution >= 4 is 49.3 Å². The molecular formula is C13H9Br2F2NS. The predicted octanol–water partition coefficient (Wildman–Crippen LogP) is 5.36. The van der Waals surface area contributed by atoms with Gasteiger partial charge in [0.15, 0.2) is 0 Å². The first-order valence-corrected chi connectivity index (χ1v) is 7.86. The molecular weight excluding hydrogens is 400 g/mol. The van der Waals surface area contributed by atoms with Crippen molar-refractivity contribution in [2.24, 2.45) is 0 Å². The predicted molar refractivity (Wildman–Crippen MR) is 82.2 cm³/mol. The summed E-state index contributed by atoms with van der Waals surface area (Å²) in [5.74, 6) is -0.944. The molecule has 0 heterocycles. The van der Waals surface area contributed by atoms with Crippen LogP contribution in [0.15, 0.2) is 44.2 Å². The van der Waals surface area contributed by atoms with Crippen molar-refractivity contribution in [1.29, 1.82) is 0 Å². The van der Waals surface area contributed by atoms with Crippen molar-refractivity contribution in [2.45, 2.75) is 10.6 Å². The van der Waals surface area contributed by atoms with E-state index >= 15 is 0 Å². The molecule has 6 heteroatoms.